The van der Waals surface area contributed by atoms with Crippen molar-refractivity contribution < 1.29 is 4.42 Å². The molecule has 0 saturated heterocycles. The third-order valence-corrected chi connectivity index (χ3v) is 2.10. The maximum absolute atomic E-state index is 5.16. The molecule has 3 rings (SSSR count). The summed E-state index contributed by atoms with van der Waals surface area (Å²) in [5, 5.41) is 0. The second-order valence-corrected chi connectivity index (χ2v) is 3.08. The molecule has 0 atom stereocenters. The maximum atomic E-state index is 5.16. The predicted octanol–water partition coefficient (Wildman–Crippen LogP) is 2.28. The molecular weight excluding hydrogens is 190 g/mol. The Morgan fingerprint density at radius 1 is 1.07 bits per heavy atom. The van der Waals surface area contributed by atoms with Crippen LogP contribution in [0.1, 0.15) is 0 Å². The van der Waals surface area contributed by atoms with E-state index in [4.69, 9.17) is 4.42 Å². The molecule has 72 valence electrons. The van der Waals surface area contributed by atoms with Crippen molar-refractivity contribution in [1.82, 2.24) is 15.0 Å². The fourth-order valence-electron chi connectivity index (χ4n) is 1.38. The van der Waals surface area contributed by atoms with Crippen molar-refractivity contribution in [2.45, 2.75) is 0 Å². The Hall–Kier alpha value is -2.23. The summed E-state index contributed by atoms with van der Waals surface area (Å²) in [5.41, 5.74) is 2.25. The van der Waals surface area contributed by atoms with Crippen LogP contribution in [0.25, 0.3) is 22.6 Å². The minimum atomic E-state index is 0.615. The topological polar surface area (TPSA) is 51.8 Å². The Balaban J connectivity index is 2.19. The molecule has 0 fully saturated rings. The van der Waals surface area contributed by atoms with E-state index in [-0.39, 0.29) is 0 Å². The highest BCUT2D eigenvalue weighted by Gasteiger charge is 2.04. The third-order valence-electron chi connectivity index (χ3n) is 2.10. The van der Waals surface area contributed by atoms with Crippen molar-refractivity contribution >= 4 is 11.1 Å². The van der Waals surface area contributed by atoms with Crippen LogP contribution in [-0.2, 0) is 0 Å². The molecule has 15 heavy (non-hydrogen) atoms. The van der Waals surface area contributed by atoms with Crippen LogP contribution in [0.15, 0.2) is 47.3 Å². The summed E-state index contributed by atoms with van der Waals surface area (Å²) in [4.78, 5) is 12.7. The second-order valence-electron chi connectivity index (χ2n) is 3.08. The highest BCUT2D eigenvalue weighted by Crippen LogP contribution is 2.16. The van der Waals surface area contributed by atoms with Gasteiger partial charge in [0.2, 0.25) is 0 Å². The van der Waals surface area contributed by atoms with Gasteiger partial charge in [-0.25, -0.2) is 9.97 Å². The highest BCUT2D eigenvalue weighted by molar-refractivity contribution is 5.73. The monoisotopic (exact) mass is 197 g/mol. The standard InChI is InChI=1S/C11H7N3O/c1-2-5-12-9(3-1)11-13-7-10-8(14-11)4-6-15-10/h1-7H. The van der Waals surface area contributed by atoms with Crippen LogP contribution in [0, 0.1) is 0 Å². The van der Waals surface area contributed by atoms with Gasteiger partial charge in [-0.3, -0.25) is 4.98 Å². The van der Waals surface area contributed by atoms with E-state index in [9.17, 15) is 0 Å². The normalized spacial score (nSPS) is 10.7. The highest BCUT2D eigenvalue weighted by atomic mass is 16.3. The van der Waals surface area contributed by atoms with Crippen molar-refractivity contribution in [2.75, 3.05) is 0 Å². The summed E-state index contributed by atoms with van der Waals surface area (Å²) in [5.74, 6) is 0.615. The first-order valence-electron chi connectivity index (χ1n) is 4.55. The molecule has 3 heterocycles. The van der Waals surface area contributed by atoms with Gasteiger partial charge in [0.15, 0.2) is 11.4 Å². The molecule has 0 unspecified atom stereocenters. The summed E-state index contributed by atoms with van der Waals surface area (Å²) in [6.07, 6.45) is 4.98. The third kappa shape index (κ3) is 1.36. The van der Waals surface area contributed by atoms with E-state index < -0.39 is 0 Å². The van der Waals surface area contributed by atoms with E-state index in [0.717, 1.165) is 11.2 Å². The minimum absolute atomic E-state index is 0.615. The molecule has 0 amide bonds. The average Bonchev–Trinajstić information content (AvgIpc) is 2.77. The second kappa shape index (κ2) is 3.16. The molecular formula is C11H7N3O. The van der Waals surface area contributed by atoms with Crippen LogP contribution in [0.3, 0.4) is 0 Å². The quantitative estimate of drug-likeness (QED) is 0.600. The van der Waals surface area contributed by atoms with Crippen LogP contribution in [0.2, 0.25) is 0 Å². The fourth-order valence-corrected chi connectivity index (χ4v) is 1.38. The molecule has 0 N–H and O–H groups in total. The first-order valence-corrected chi connectivity index (χ1v) is 4.55. The van der Waals surface area contributed by atoms with Crippen LogP contribution in [-0.4, -0.2) is 15.0 Å². The predicted molar refractivity (Wildman–Crippen MR) is 55.0 cm³/mol. The Labute approximate surface area is 85.6 Å². The van der Waals surface area contributed by atoms with Crippen molar-refractivity contribution in [3.8, 4) is 11.5 Å². The maximum Gasteiger partial charge on any atom is 0.178 e. The zero-order chi connectivity index (χ0) is 10.1. The van der Waals surface area contributed by atoms with Gasteiger partial charge in [-0.2, -0.15) is 0 Å². The summed E-state index contributed by atoms with van der Waals surface area (Å²) < 4.78 is 5.16. The van der Waals surface area contributed by atoms with Crippen molar-refractivity contribution in [3.05, 3.63) is 42.9 Å². The molecule has 4 nitrogen and oxygen atoms in total. The van der Waals surface area contributed by atoms with E-state index in [0.29, 0.717) is 11.4 Å². The Bertz CT molecular complexity index is 589. The van der Waals surface area contributed by atoms with E-state index >= 15 is 0 Å². The van der Waals surface area contributed by atoms with Crippen LogP contribution in [0.4, 0.5) is 0 Å². The minimum Gasteiger partial charge on any atom is -0.461 e. The van der Waals surface area contributed by atoms with Gasteiger partial charge < -0.3 is 4.42 Å². The van der Waals surface area contributed by atoms with E-state index in [1.54, 1.807) is 18.7 Å². The van der Waals surface area contributed by atoms with Gasteiger partial charge in [-0.1, -0.05) is 6.07 Å². The zero-order valence-electron chi connectivity index (χ0n) is 7.79. The Morgan fingerprint density at radius 2 is 2.07 bits per heavy atom. The van der Waals surface area contributed by atoms with Gasteiger partial charge in [0.05, 0.1) is 12.5 Å². The lowest BCUT2D eigenvalue weighted by molar-refractivity contribution is 0.613. The van der Waals surface area contributed by atoms with Crippen LogP contribution < -0.4 is 0 Å². The first kappa shape index (κ1) is 8.11. The molecule has 0 aliphatic carbocycles. The summed E-state index contributed by atoms with van der Waals surface area (Å²) in [7, 11) is 0. The number of furan rings is 1. The van der Waals surface area contributed by atoms with Gasteiger partial charge in [0, 0.05) is 12.3 Å². The molecule has 3 aromatic rings. The van der Waals surface area contributed by atoms with Gasteiger partial charge in [0.1, 0.15) is 11.2 Å². The Morgan fingerprint density at radius 3 is 2.93 bits per heavy atom. The van der Waals surface area contributed by atoms with E-state index in [2.05, 4.69) is 15.0 Å². The van der Waals surface area contributed by atoms with E-state index in [1.807, 2.05) is 24.3 Å². The number of aromatic nitrogens is 3. The molecule has 0 radical (unpaired) electrons. The molecule has 0 bridgehead atoms. The van der Waals surface area contributed by atoms with Crippen molar-refractivity contribution in [3.63, 3.8) is 0 Å². The molecule has 0 aromatic carbocycles. The molecule has 0 spiro atoms. The first-order chi connectivity index (χ1) is 7.43. The SMILES string of the molecule is c1ccc(-c2ncc3occc3n2)nc1. The average molecular weight is 197 g/mol. The van der Waals surface area contributed by atoms with Crippen molar-refractivity contribution in [1.29, 1.82) is 0 Å². The summed E-state index contributed by atoms with van der Waals surface area (Å²) in [6.45, 7) is 0. The number of nitrogens with zero attached hydrogens (tertiary/aromatic N) is 3. The van der Waals surface area contributed by atoms with Crippen LogP contribution >= 0.6 is 0 Å². The molecule has 0 saturated carbocycles. The summed E-state index contributed by atoms with van der Waals surface area (Å²) in [6, 6.07) is 7.45. The lowest BCUT2D eigenvalue weighted by atomic mass is 10.3. The van der Waals surface area contributed by atoms with Gasteiger partial charge in [0.25, 0.3) is 0 Å². The van der Waals surface area contributed by atoms with Gasteiger partial charge >= 0.3 is 0 Å². The Kier molecular flexibility index (Phi) is 1.71. The lowest BCUT2D eigenvalue weighted by Gasteiger charge is -1.97. The number of hydrogen-bond acceptors (Lipinski definition) is 4. The number of pyridine rings is 1. The largest absolute Gasteiger partial charge is 0.461 e. The molecule has 0 aliphatic heterocycles. The smallest absolute Gasteiger partial charge is 0.178 e. The number of fused-ring (bicyclic) bond motifs is 1. The zero-order valence-corrected chi connectivity index (χ0v) is 7.79. The number of rotatable bonds is 1. The van der Waals surface area contributed by atoms with E-state index in [1.165, 1.54) is 0 Å². The molecule has 0 aliphatic rings. The summed E-state index contributed by atoms with van der Waals surface area (Å²) >= 11 is 0. The molecule has 4 heteroatoms. The molecule has 3 aromatic heterocycles. The van der Waals surface area contributed by atoms with Crippen molar-refractivity contribution in [2.24, 2.45) is 0 Å². The lowest BCUT2D eigenvalue weighted by Crippen LogP contribution is -1.89. The van der Waals surface area contributed by atoms with Gasteiger partial charge in [-0.05, 0) is 12.1 Å². The van der Waals surface area contributed by atoms with Gasteiger partial charge in [-0.15, -0.1) is 0 Å². The van der Waals surface area contributed by atoms with Crippen LogP contribution in [0.5, 0.6) is 0 Å². The number of hydrogen-bond donors (Lipinski definition) is 0. The fraction of sp³-hybridized carbons (Fsp3) is 0.